The van der Waals surface area contributed by atoms with Crippen LogP contribution in [0.1, 0.15) is 46.9 Å². The molecular weight excluding hydrogens is 386 g/mol. The number of carbonyl (C=O) groups is 1. The van der Waals surface area contributed by atoms with Crippen molar-refractivity contribution in [2.75, 3.05) is 25.0 Å². The molecule has 0 saturated carbocycles. The molecule has 160 valence electrons. The molecule has 0 bridgehead atoms. The first-order valence-electron chi connectivity index (χ1n) is 11.1. The number of hydrogen-bond acceptors (Lipinski definition) is 3. The number of amides is 1. The van der Waals surface area contributed by atoms with E-state index in [1.165, 1.54) is 28.2 Å². The molecule has 0 unspecified atom stereocenters. The molecule has 2 aliphatic rings. The number of rotatable bonds is 3. The summed E-state index contributed by atoms with van der Waals surface area (Å²) in [6, 6.07) is 16.2. The van der Waals surface area contributed by atoms with Crippen LogP contribution in [0, 0.1) is 13.8 Å². The molecule has 2 aliphatic heterocycles. The fraction of sp³-hybridized carbons (Fsp3) is 0.346. The zero-order valence-electron chi connectivity index (χ0n) is 18.4. The minimum Gasteiger partial charge on any atom is -0.494 e. The smallest absolute Gasteiger partial charge is 0.253 e. The molecule has 31 heavy (non-hydrogen) atoms. The Hall–Kier alpha value is -3.21. The third kappa shape index (κ3) is 3.19. The van der Waals surface area contributed by atoms with E-state index in [4.69, 9.17) is 4.74 Å². The number of carbonyl (C=O) groups excluding carboxylic acids is 1. The van der Waals surface area contributed by atoms with Gasteiger partial charge in [0.25, 0.3) is 5.91 Å². The summed E-state index contributed by atoms with van der Waals surface area (Å²) in [7, 11) is 0. The highest BCUT2D eigenvalue weighted by Crippen LogP contribution is 2.44. The van der Waals surface area contributed by atoms with E-state index in [0.29, 0.717) is 6.61 Å². The predicted molar refractivity (Wildman–Crippen MR) is 123 cm³/mol. The fourth-order valence-corrected chi connectivity index (χ4v) is 5.02. The maximum Gasteiger partial charge on any atom is 0.253 e. The normalized spacial score (nSPS) is 16.4. The Morgan fingerprint density at radius 3 is 2.52 bits per heavy atom. The summed E-state index contributed by atoms with van der Waals surface area (Å²) >= 11 is 0. The SMILES string of the molecule is CCOc1ccc(C(=O)N2CCC3(CC2)Nc2ccc(C)c(C)c2-n2cccc23)cc1. The molecule has 1 fully saturated rings. The van der Waals surface area contributed by atoms with Gasteiger partial charge in [0.2, 0.25) is 0 Å². The lowest BCUT2D eigenvalue weighted by atomic mass is 9.81. The van der Waals surface area contributed by atoms with Crippen molar-refractivity contribution in [3.05, 3.63) is 77.1 Å². The number of ether oxygens (including phenoxy) is 1. The van der Waals surface area contributed by atoms with Crippen LogP contribution in [0.25, 0.3) is 5.69 Å². The lowest BCUT2D eigenvalue weighted by Crippen LogP contribution is -2.51. The molecule has 0 aliphatic carbocycles. The van der Waals surface area contributed by atoms with Crippen molar-refractivity contribution in [2.45, 2.75) is 39.2 Å². The van der Waals surface area contributed by atoms with Crippen LogP contribution in [0.5, 0.6) is 5.75 Å². The summed E-state index contributed by atoms with van der Waals surface area (Å²) in [6.45, 7) is 8.39. The van der Waals surface area contributed by atoms with Gasteiger partial charge in [-0.1, -0.05) is 6.07 Å². The average Bonchev–Trinajstić information content (AvgIpc) is 3.28. The fourth-order valence-electron chi connectivity index (χ4n) is 5.02. The highest BCUT2D eigenvalue weighted by atomic mass is 16.5. The lowest BCUT2D eigenvalue weighted by Gasteiger charge is -2.46. The predicted octanol–water partition coefficient (Wildman–Crippen LogP) is 5.05. The van der Waals surface area contributed by atoms with E-state index < -0.39 is 0 Å². The maximum absolute atomic E-state index is 13.1. The summed E-state index contributed by atoms with van der Waals surface area (Å²) in [5.41, 5.74) is 6.90. The molecule has 1 N–H and O–H groups in total. The van der Waals surface area contributed by atoms with Gasteiger partial charge in [0.05, 0.1) is 23.5 Å². The second-order valence-corrected chi connectivity index (χ2v) is 8.62. The van der Waals surface area contributed by atoms with Crippen LogP contribution in [0.4, 0.5) is 5.69 Å². The molecule has 1 spiro atoms. The van der Waals surface area contributed by atoms with E-state index in [0.717, 1.165) is 37.2 Å². The van der Waals surface area contributed by atoms with Crippen LogP contribution in [-0.4, -0.2) is 35.1 Å². The summed E-state index contributed by atoms with van der Waals surface area (Å²) in [4.78, 5) is 15.1. The summed E-state index contributed by atoms with van der Waals surface area (Å²) in [6.07, 6.45) is 3.93. The Balaban J connectivity index is 1.37. The van der Waals surface area contributed by atoms with Gasteiger partial charge in [0.15, 0.2) is 0 Å². The standard InChI is InChI=1S/C26H29N3O2/c1-4-31-21-10-8-20(9-11-21)25(30)28-16-13-26(14-17-28)23-6-5-15-29(23)24-19(3)18(2)7-12-22(24)27-26/h5-12,15,27H,4,13-14,16-17H2,1-3H3. The number of aromatic nitrogens is 1. The highest BCUT2D eigenvalue weighted by molar-refractivity contribution is 5.94. The van der Waals surface area contributed by atoms with Crippen LogP contribution >= 0.6 is 0 Å². The highest BCUT2D eigenvalue weighted by Gasteiger charge is 2.42. The number of aryl methyl sites for hydroxylation is 1. The van der Waals surface area contributed by atoms with Gasteiger partial charge < -0.3 is 19.5 Å². The maximum atomic E-state index is 13.1. The second-order valence-electron chi connectivity index (χ2n) is 8.62. The van der Waals surface area contributed by atoms with Gasteiger partial charge in [0.1, 0.15) is 5.75 Å². The van der Waals surface area contributed by atoms with Crippen molar-refractivity contribution in [3.8, 4) is 11.4 Å². The molecule has 1 amide bonds. The Labute approximate surface area is 183 Å². The van der Waals surface area contributed by atoms with Gasteiger partial charge >= 0.3 is 0 Å². The van der Waals surface area contributed by atoms with Crippen LogP contribution < -0.4 is 10.1 Å². The molecule has 5 rings (SSSR count). The lowest BCUT2D eigenvalue weighted by molar-refractivity contribution is 0.0676. The number of likely N-dealkylation sites (tertiary alicyclic amines) is 1. The first-order chi connectivity index (χ1) is 15.0. The summed E-state index contributed by atoms with van der Waals surface area (Å²) < 4.78 is 7.84. The Bertz CT molecular complexity index is 1120. The summed E-state index contributed by atoms with van der Waals surface area (Å²) in [5.74, 6) is 0.893. The second kappa shape index (κ2) is 7.49. The molecule has 1 aromatic heterocycles. The van der Waals surface area contributed by atoms with Crippen molar-refractivity contribution in [1.82, 2.24) is 9.47 Å². The molecular formula is C26H29N3O2. The van der Waals surface area contributed by atoms with Gasteiger partial charge in [-0.3, -0.25) is 4.79 Å². The van der Waals surface area contributed by atoms with E-state index in [-0.39, 0.29) is 11.4 Å². The Kier molecular flexibility index (Phi) is 4.77. The van der Waals surface area contributed by atoms with Gasteiger partial charge in [-0.05, 0) is 87.2 Å². The van der Waals surface area contributed by atoms with Crippen molar-refractivity contribution in [2.24, 2.45) is 0 Å². The minimum absolute atomic E-state index is 0.0935. The third-order valence-electron chi connectivity index (χ3n) is 6.87. The van der Waals surface area contributed by atoms with Crippen molar-refractivity contribution >= 4 is 11.6 Å². The van der Waals surface area contributed by atoms with Crippen LogP contribution in [0.2, 0.25) is 0 Å². The zero-order valence-corrected chi connectivity index (χ0v) is 18.4. The van der Waals surface area contributed by atoms with E-state index >= 15 is 0 Å². The Morgan fingerprint density at radius 1 is 1.06 bits per heavy atom. The van der Waals surface area contributed by atoms with Crippen molar-refractivity contribution in [1.29, 1.82) is 0 Å². The minimum atomic E-state index is -0.145. The molecule has 2 aromatic carbocycles. The zero-order chi connectivity index (χ0) is 21.6. The van der Waals surface area contributed by atoms with Crippen LogP contribution in [-0.2, 0) is 5.54 Å². The number of fused-ring (bicyclic) bond motifs is 4. The van der Waals surface area contributed by atoms with Crippen molar-refractivity contribution < 1.29 is 9.53 Å². The van der Waals surface area contributed by atoms with Crippen molar-refractivity contribution in [3.63, 3.8) is 0 Å². The number of benzene rings is 2. The molecule has 0 atom stereocenters. The topological polar surface area (TPSA) is 46.5 Å². The van der Waals surface area contributed by atoms with Gasteiger partial charge in [-0.15, -0.1) is 0 Å². The molecule has 5 nitrogen and oxygen atoms in total. The van der Waals surface area contributed by atoms with Gasteiger partial charge in [-0.2, -0.15) is 0 Å². The molecule has 3 aromatic rings. The number of anilines is 1. The molecule has 0 radical (unpaired) electrons. The molecule has 5 heteroatoms. The Morgan fingerprint density at radius 2 is 1.81 bits per heavy atom. The van der Waals surface area contributed by atoms with E-state index in [1.54, 1.807) is 0 Å². The number of piperidine rings is 1. The van der Waals surface area contributed by atoms with E-state index in [9.17, 15) is 4.79 Å². The van der Waals surface area contributed by atoms with Gasteiger partial charge in [-0.25, -0.2) is 0 Å². The number of nitrogens with zero attached hydrogens (tertiary/aromatic N) is 2. The first-order valence-corrected chi connectivity index (χ1v) is 11.1. The molecule has 3 heterocycles. The van der Waals surface area contributed by atoms with E-state index in [2.05, 4.69) is 54.2 Å². The van der Waals surface area contributed by atoms with E-state index in [1.807, 2.05) is 36.1 Å². The number of hydrogen-bond donors (Lipinski definition) is 1. The summed E-state index contributed by atoms with van der Waals surface area (Å²) in [5, 5.41) is 3.87. The van der Waals surface area contributed by atoms with Crippen LogP contribution in [0.15, 0.2) is 54.7 Å². The quantitative estimate of drug-likeness (QED) is 0.651. The van der Waals surface area contributed by atoms with Crippen LogP contribution in [0.3, 0.4) is 0 Å². The number of nitrogens with one attached hydrogen (secondary N) is 1. The molecule has 1 saturated heterocycles. The van der Waals surface area contributed by atoms with Gasteiger partial charge in [0, 0.05) is 30.5 Å². The monoisotopic (exact) mass is 415 g/mol. The third-order valence-corrected chi connectivity index (χ3v) is 6.87. The largest absolute Gasteiger partial charge is 0.494 e. The average molecular weight is 416 g/mol. The first kappa shape index (κ1) is 19.7.